The molecule has 1 aromatic rings. The van der Waals surface area contributed by atoms with Gasteiger partial charge in [0.2, 0.25) is 0 Å². The van der Waals surface area contributed by atoms with Crippen molar-refractivity contribution in [2.45, 2.75) is 32.7 Å². The number of aliphatic hydroxyl groups excluding tert-OH is 1. The zero-order valence-corrected chi connectivity index (χ0v) is 12.2. The van der Waals surface area contributed by atoms with Crippen LogP contribution in [0.15, 0.2) is 18.2 Å². The first kappa shape index (κ1) is 15.3. The van der Waals surface area contributed by atoms with E-state index in [0.29, 0.717) is 12.5 Å². The molecule has 1 unspecified atom stereocenters. The molecule has 0 saturated carbocycles. The summed E-state index contributed by atoms with van der Waals surface area (Å²) in [5.74, 6) is 0.338. The number of hydrogen-bond acceptors (Lipinski definition) is 3. The molecule has 112 valence electrons. The Kier molecular flexibility index (Phi) is 5.80. The maximum absolute atomic E-state index is 14.3. The van der Waals surface area contributed by atoms with Crippen molar-refractivity contribution < 1.29 is 9.50 Å². The minimum atomic E-state index is -0.134. The van der Waals surface area contributed by atoms with Crippen LogP contribution in [0.2, 0.25) is 0 Å². The molecule has 1 saturated heterocycles. The zero-order valence-electron chi connectivity index (χ0n) is 12.2. The van der Waals surface area contributed by atoms with Gasteiger partial charge in [0.1, 0.15) is 5.82 Å². The van der Waals surface area contributed by atoms with Gasteiger partial charge in [0.05, 0.1) is 5.69 Å². The van der Waals surface area contributed by atoms with Crippen LogP contribution in [0.3, 0.4) is 0 Å². The van der Waals surface area contributed by atoms with E-state index in [-0.39, 0.29) is 12.4 Å². The zero-order chi connectivity index (χ0) is 14.4. The van der Waals surface area contributed by atoms with Crippen LogP contribution in [-0.2, 0) is 6.54 Å². The van der Waals surface area contributed by atoms with Gasteiger partial charge in [0.15, 0.2) is 0 Å². The molecule has 1 aromatic carbocycles. The minimum absolute atomic E-state index is 0.134. The Hall–Kier alpha value is -1.13. The number of benzene rings is 1. The smallest absolute Gasteiger partial charge is 0.146 e. The van der Waals surface area contributed by atoms with Crippen LogP contribution in [0.4, 0.5) is 10.1 Å². The lowest BCUT2D eigenvalue weighted by atomic mass is 9.94. The van der Waals surface area contributed by atoms with E-state index in [1.54, 1.807) is 12.1 Å². The molecule has 0 aliphatic carbocycles. The number of hydrogen-bond donors (Lipinski definition) is 2. The highest BCUT2D eigenvalue weighted by atomic mass is 19.1. The second-order valence-electron chi connectivity index (χ2n) is 5.49. The van der Waals surface area contributed by atoms with Crippen LogP contribution in [0.5, 0.6) is 0 Å². The molecule has 3 nitrogen and oxygen atoms in total. The maximum atomic E-state index is 14.3. The van der Waals surface area contributed by atoms with Gasteiger partial charge in [-0.25, -0.2) is 4.39 Å². The summed E-state index contributed by atoms with van der Waals surface area (Å²) in [5, 5.41) is 12.4. The van der Waals surface area contributed by atoms with Crippen molar-refractivity contribution in [2.75, 3.05) is 31.1 Å². The van der Waals surface area contributed by atoms with Crippen LogP contribution in [0.25, 0.3) is 0 Å². The van der Waals surface area contributed by atoms with E-state index >= 15 is 0 Å². The topological polar surface area (TPSA) is 35.5 Å². The van der Waals surface area contributed by atoms with E-state index in [9.17, 15) is 4.39 Å². The first-order valence-electron chi connectivity index (χ1n) is 7.60. The molecule has 0 spiro atoms. The monoisotopic (exact) mass is 280 g/mol. The van der Waals surface area contributed by atoms with Crippen molar-refractivity contribution in [1.82, 2.24) is 5.32 Å². The van der Waals surface area contributed by atoms with E-state index in [2.05, 4.69) is 17.1 Å². The fourth-order valence-corrected chi connectivity index (χ4v) is 3.00. The first-order valence-corrected chi connectivity index (χ1v) is 7.60. The summed E-state index contributed by atoms with van der Waals surface area (Å²) >= 11 is 0. The molecule has 4 heteroatoms. The lowest BCUT2D eigenvalue weighted by Crippen LogP contribution is -2.37. The molecule has 2 rings (SSSR count). The highest BCUT2D eigenvalue weighted by Gasteiger charge is 2.23. The molecule has 20 heavy (non-hydrogen) atoms. The van der Waals surface area contributed by atoms with E-state index < -0.39 is 0 Å². The van der Waals surface area contributed by atoms with Gasteiger partial charge < -0.3 is 15.3 Å². The lowest BCUT2D eigenvalue weighted by molar-refractivity contribution is 0.244. The van der Waals surface area contributed by atoms with Crippen molar-refractivity contribution in [2.24, 2.45) is 5.92 Å². The van der Waals surface area contributed by atoms with Gasteiger partial charge in [-0.1, -0.05) is 19.1 Å². The Morgan fingerprint density at radius 2 is 2.30 bits per heavy atom. The summed E-state index contributed by atoms with van der Waals surface area (Å²) in [6.07, 6.45) is 3.02. The molecule has 2 N–H and O–H groups in total. The molecule has 1 atom stereocenters. The fourth-order valence-electron chi connectivity index (χ4n) is 3.00. The van der Waals surface area contributed by atoms with Gasteiger partial charge in [-0.05, 0) is 43.4 Å². The van der Waals surface area contributed by atoms with E-state index in [1.807, 2.05) is 6.07 Å². The minimum Gasteiger partial charge on any atom is -0.396 e. The van der Waals surface area contributed by atoms with Gasteiger partial charge in [-0.2, -0.15) is 0 Å². The standard InChI is InChI=1S/C16H25FN2O/c1-2-18-11-14-6-3-7-15(17)16(14)19-9-4-5-13(12-19)8-10-20/h3,6-7,13,18,20H,2,4-5,8-12H2,1H3. The fraction of sp³-hybridized carbons (Fsp3) is 0.625. The molecule has 0 aromatic heterocycles. The molecule has 1 aliphatic rings. The summed E-state index contributed by atoms with van der Waals surface area (Å²) in [6.45, 7) is 5.60. The molecule has 1 aliphatic heterocycles. The highest BCUT2D eigenvalue weighted by molar-refractivity contribution is 5.55. The van der Waals surface area contributed by atoms with Crippen molar-refractivity contribution in [1.29, 1.82) is 0 Å². The van der Waals surface area contributed by atoms with Gasteiger partial charge >= 0.3 is 0 Å². The Labute approximate surface area is 120 Å². The number of halogens is 1. The largest absolute Gasteiger partial charge is 0.396 e. The summed E-state index contributed by atoms with van der Waals surface area (Å²) < 4.78 is 14.3. The number of para-hydroxylation sites is 1. The third-order valence-corrected chi connectivity index (χ3v) is 4.01. The first-order chi connectivity index (χ1) is 9.76. The Morgan fingerprint density at radius 1 is 1.45 bits per heavy atom. The second kappa shape index (κ2) is 7.60. The molecular weight excluding hydrogens is 255 g/mol. The summed E-state index contributed by atoms with van der Waals surface area (Å²) in [6, 6.07) is 5.32. The number of anilines is 1. The lowest BCUT2D eigenvalue weighted by Gasteiger charge is -2.35. The SMILES string of the molecule is CCNCc1cccc(F)c1N1CCCC(CCO)C1. The Morgan fingerprint density at radius 3 is 3.05 bits per heavy atom. The number of rotatable bonds is 6. The molecule has 1 heterocycles. The predicted octanol–water partition coefficient (Wildman–Crippen LogP) is 2.53. The molecule has 0 radical (unpaired) electrons. The van der Waals surface area contributed by atoms with Crippen LogP contribution in [0, 0.1) is 11.7 Å². The second-order valence-corrected chi connectivity index (χ2v) is 5.49. The van der Waals surface area contributed by atoms with E-state index in [4.69, 9.17) is 5.11 Å². The van der Waals surface area contributed by atoms with Crippen LogP contribution in [0.1, 0.15) is 31.7 Å². The molecular formula is C16H25FN2O. The summed E-state index contributed by atoms with van der Waals surface area (Å²) in [7, 11) is 0. The van der Waals surface area contributed by atoms with Crippen molar-refractivity contribution in [3.05, 3.63) is 29.6 Å². The van der Waals surface area contributed by atoms with Gasteiger partial charge in [-0.15, -0.1) is 0 Å². The number of piperidine rings is 1. The quantitative estimate of drug-likeness (QED) is 0.840. The van der Waals surface area contributed by atoms with Crippen LogP contribution in [-0.4, -0.2) is 31.3 Å². The molecule has 0 amide bonds. The molecule has 0 bridgehead atoms. The average Bonchev–Trinajstić information content (AvgIpc) is 2.46. The average molecular weight is 280 g/mol. The molecule has 1 fully saturated rings. The maximum Gasteiger partial charge on any atom is 0.146 e. The van der Waals surface area contributed by atoms with Crippen LogP contribution < -0.4 is 10.2 Å². The predicted molar refractivity (Wildman–Crippen MR) is 80.4 cm³/mol. The van der Waals surface area contributed by atoms with Gasteiger partial charge in [0.25, 0.3) is 0 Å². The number of aliphatic hydroxyl groups is 1. The van der Waals surface area contributed by atoms with Crippen molar-refractivity contribution in [3.8, 4) is 0 Å². The Bertz CT molecular complexity index is 423. The summed E-state index contributed by atoms with van der Waals surface area (Å²) in [5.41, 5.74) is 1.77. The Balaban J connectivity index is 2.17. The highest BCUT2D eigenvalue weighted by Crippen LogP contribution is 2.30. The van der Waals surface area contributed by atoms with Crippen molar-refractivity contribution in [3.63, 3.8) is 0 Å². The summed E-state index contributed by atoms with van der Waals surface area (Å²) in [4.78, 5) is 2.16. The van der Waals surface area contributed by atoms with Crippen LogP contribution >= 0.6 is 0 Å². The number of nitrogens with zero attached hydrogens (tertiary/aromatic N) is 1. The number of nitrogens with one attached hydrogen (secondary N) is 1. The van der Waals surface area contributed by atoms with Gasteiger partial charge in [0, 0.05) is 26.2 Å². The third kappa shape index (κ3) is 3.70. The third-order valence-electron chi connectivity index (χ3n) is 4.01. The van der Waals surface area contributed by atoms with E-state index in [1.165, 1.54) is 0 Å². The van der Waals surface area contributed by atoms with Crippen molar-refractivity contribution >= 4 is 5.69 Å². The van der Waals surface area contributed by atoms with E-state index in [0.717, 1.165) is 50.1 Å². The normalized spacial score (nSPS) is 19.4. The van der Waals surface area contributed by atoms with Gasteiger partial charge in [-0.3, -0.25) is 0 Å².